The largest absolute Gasteiger partial charge is 0.480 e. The van der Waals surface area contributed by atoms with Crippen LogP contribution in [0.15, 0.2) is 28.9 Å². The molecule has 0 radical (unpaired) electrons. The molecule has 8 heteroatoms. The molecule has 0 aliphatic heterocycles. The number of halogens is 1. The average Bonchev–Trinajstić information content (AvgIpc) is 3.65. The van der Waals surface area contributed by atoms with Gasteiger partial charge in [-0.3, -0.25) is 4.98 Å². The van der Waals surface area contributed by atoms with Crippen LogP contribution in [0, 0.1) is 0 Å². The highest BCUT2D eigenvalue weighted by atomic mass is 79.9. The van der Waals surface area contributed by atoms with Crippen molar-refractivity contribution in [2.75, 3.05) is 43.0 Å². The van der Waals surface area contributed by atoms with E-state index in [0.717, 1.165) is 58.2 Å². The van der Waals surface area contributed by atoms with Crippen LogP contribution in [0.1, 0.15) is 44.9 Å². The standard InChI is InChI=1S/C26H37BrN4O2S/c1-29(2)18-6-8-19(9-7-18)30(3)25-21-15-17(27)5-12-22(21)28-16-24(25)31(20-10-11-20)23(26(32)33)13-14-34-4/h5,12,15-16,18-20,23H,6-11,13-14H2,1-4H3,(H,32,33)/t18?,19?,23-/m0/s1. The Labute approximate surface area is 216 Å². The molecule has 6 nitrogen and oxygen atoms in total. The number of carboxylic acid groups (broad SMARTS) is 1. The molecule has 34 heavy (non-hydrogen) atoms. The van der Waals surface area contributed by atoms with Gasteiger partial charge in [0, 0.05) is 35.0 Å². The van der Waals surface area contributed by atoms with Crippen molar-refractivity contribution in [2.24, 2.45) is 0 Å². The molecule has 0 bridgehead atoms. The average molecular weight is 550 g/mol. The zero-order valence-corrected chi connectivity index (χ0v) is 23.1. The smallest absolute Gasteiger partial charge is 0.326 e. The van der Waals surface area contributed by atoms with Crippen LogP contribution in [0.4, 0.5) is 11.4 Å². The van der Waals surface area contributed by atoms with Crippen molar-refractivity contribution in [3.8, 4) is 0 Å². The molecule has 2 aromatic rings. The van der Waals surface area contributed by atoms with Gasteiger partial charge in [-0.25, -0.2) is 4.79 Å². The molecule has 4 rings (SSSR count). The first-order chi connectivity index (χ1) is 16.3. The number of hydrogen-bond acceptors (Lipinski definition) is 6. The molecule has 2 aliphatic carbocycles. The molecule has 2 saturated carbocycles. The summed E-state index contributed by atoms with van der Waals surface area (Å²) in [6.07, 6.45) is 11.3. The van der Waals surface area contributed by atoms with Gasteiger partial charge in [-0.05, 0) is 89.2 Å². The number of nitrogens with zero attached hydrogens (tertiary/aromatic N) is 4. The molecule has 186 valence electrons. The Bertz CT molecular complexity index is 1010. The molecule has 2 aliphatic rings. The first-order valence-electron chi connectivity index (χ1n) is 12.3. The lowest BCUT2D eigenvalue weighted by atomic mass is 9.89. The third kappa shape index (κ3) is 5.49. The van der Waals surface area contributed by atoms with Crippen molar-refractivity contribution in [1.29, 1.82) is 0 Å². The molecule has 0 spiro atoms. The maximum absolute atomic E-state index is 12.5. The lowest BCUT2D eigenvalue weighted by Crippen LogP contribution is -2.45. The van der Waals surface area contributed by atoms with Crippen LogP contribution < -0.4 is 9.80 Å². The number of benzene rings is 1. The number of carboxylic acids is 1. The lowest BCUT2D eigenvalue weighted by Gasteiger charge is -2.41. The van der Waals surface area contributed by atoms with Crippen LogP contribution in [0.25, 0.3) is 10.9 Å². The van der Waals surface area contributed by atoms with Crippen LogP contribution in [0.2, 0.25) is 0 Å². The Morgan fingerprint density at radius 3 is 2.35 bits per heavy atom. The Morgan fingerprint density at radius 1 is 1.12 bits per heavy atom. The van der Waals surface area contributed by atoms with E-state index in [1.165, 1.54) is 12.8 Å². The highest BCUT2D eigenvalue weighted by Crippen LogP contribution is 2.44. The van der Waals surface area contributed by atoms with Crippen LogP contribution in [-0.2, 0) is 4.79 Å². The number of thioether (sulfide) groups is 1. The first kappa shape index (κ1) is 25.6. The van der Waals surface area contributed by atoms with Crippen molar-refractivity contribution in [3.05, 3.63) is 28.9 Å². The van der Waals surface area contributed by atoms with E-state index in [-0.39, 0.29) is 6.04 Å². The molecular weight excluding hydrogens is 512 g/mol. The second-order valence-corrected chi connectivity index (χ2v) is 11.9. The van der Waals surface area contributed by atoms with Gasteiger partial charge >= 0.3 is 5.97 Å². The summed E-state index contributed by atoms with van der Waals surface area (Å²) in [6.45, 7) is 0. The predicted octanol–water partition coefficient (Wildman–Crippen LogP) is 5.48. The van der Waals surface area contributed by atoms with E-state index in [1.54, 1.807) is 11.8 Å². The minimum absolute atomic E-state index is 0.269. The van der Waals surface area contributed by atoms with Gasteiger partial charge in [0.05, 0.1) is 23.1 Å². The van der Waals surface area contributed by atoms with E-state index in [1.807, 2.05) is 24.6 Å². The second kappa shape index (κ2) is 11.0. The van der Waals surface area contributed by atoms with E-state index < -0.39 is 12.0 Å². The quantitative estimate of drug-likeness (QED) is 0.421. The lowest BCUT2D eigenvalue weighted by molar-refractivity contribution is -0.138. The maximum atomic E-state index is 12.5. The Hall–Kier alpha value is -1.51. The summed E-state index contributed by atoms with van der Waals surface area (Å²) in [5.41, 5.74) is 3.04. The highest BCUT2D eigenvalue weighted by Gasteiger charge is 2.40. The zero-order valence-electron chi connectivity index (χ0n) is 20.7. The van der Waals surface area contributed by atoms with Gasteiger partial charge in [0.15, 0.2) is 0 Å². The van der Waals surface area contributed by atoms with Crippen molar-refractivity contribution in [1.82, 2.24) is 9.88 Å². The number of aliphatic carboxylic acids is 1. The van der Waals surface area contributed by atoms with E-state index in [4.69, 9.17) is 4.98 Å². The Morgan fingerprint density at radius 2 is 1.76 bits per heavy atom. The van der Waals surface area contributed by atoms with Crippen molar-refractivity contribution in [3.63, 3.8) is 0 Å². The predicted molar refractivity (Wildman–Crippen MR) is 148 cm³/mol. The molecule has 1 aromatic carbocycles. The molecule has 1 aromatic heterocycles. The van der Waals surface area contributed by atoms with Gasteiger partial charge in [0.1, 0.15) is 6.04 Å². The molecule has 1 atom stereocenters. The van der Waals surface area contributed by atoms with Crippen LogP contribution in [-0.4, -0.2) is 78.3 Å². The number of hydrogen-bond donors (Lipinski definition) is 1. The van der Waals surface area contributed by atoms with Gasteiger partial charge in [-0.1, -0.05) is 15.9 Å². The third-order valence-electron chi connectivity index (χ3n) is 7.51. The van der Waals surface area contributed by atoms with Crippen molar-refractivity contribution >= 4 is 55.9 Å². The number of aromatic nitrogens is 1. The molecule has 0 unspecified atom stereocenters. The van der Waals surface area contributed by atoms with Crippen molar-refractivity contribution < 1.29 is 9.90 Å². The maximum Gasteiger partial charge on any atom is 0.326 e. The Kier molecular flexibility index (Phi) is 8.31. The summed E-state index contributed by atoms with van der Waals surface area (Å²) in [4.78, 5) is 24.2. The molecule has 1 N–H and O–H groups in total. The van der Waals surface area contributed by atoms with E-state index in [9.17, 15) is 9.90 Å². The van der Waals surface area contributed by atoms with E-state index in [2.05, 4.69) is 57.8 Å². The van der Waals surface area contributed by atoms with Crippen LogP contribution in [0.5, 0.6) is 0 Å². The van der Waals surface area contributed by atoms with Gasteiger partial charge in [0.25, 0.3) is 0 Å². The monoisotopic (exact) mass is 548 g/mol. The summed E-state index contributed by atoms with van der Waals surface area (Å²) < 4.78 is 1.01. The molecule has 0 saturated heterocycles. The highest BCUT2D eigenvalue weighted by molar-refractivity contribution is 9.10. The number of carbonyl (C=O) groups is 1. The van der Waals surface area contributed by atoms with Crippen LogP contribution in [0.3, 0.4) is 0 Å². The van der Waals surface area contributed by atoms with E-state index in [0.29, 0.717) is 18.5 Å². The van der Waals surface area contributed by atoms with Gasteiger partial charge < -0.3 is 19.8 Å². The summed E-state index contributed by atoms with van der Waals surface area (Å²) in [6, 6.07) is 7.01. The molecule has 2 fully saturated rings. The Balaban J connectivity index is 1.79. The third-order valence-corrected chi connectivity index (χ3v) is 8.65. The zero-order chi connectivity index (χ0) is 24.4. The number of anilines is 2. The summed E-state index contributed by atoms with van der Waals surface area (Å²) in [5, 5.41) is 11.3. The summed E-state index contributed by atoms with van der Waals surface area (Å²) in [5.74, 6) is 0.0855. The molecule has 1 heterocycles. The summed E-state index contributed by atoms with van der Waals surface area (Å²) in [7, 11) is 6.55. The fourth-order valence-electron chi connectivity index (χ4n) is 5.43. The van der Waals surface area contributed by atoms with Gasteiger partial charge in [-0.15, -0.1) is 0 Å². The number of rotatable bonds is 10. The molecule has 0 amide bonds. The number of pyridine rings is 1. The second-order valence-electron chi connectivity index (χ2n) is 9.96. The fraction of sp³-hybridized carbons (Fsp3) is 0.615. The topological polar surface area (TPSA) is 59.9 Å². The minimum atomic E-state index is -0.740. The van der Waals surface area contributed by atoms with Gasteiger partial charge in [0.2, 0.25) is 0 Å². The van der Waals surface area contributed by atoms with Crippen molar-refractivity contribution in [2.45, 2.75) is 69.1 Å². The first-order valence-corrected chi connectivity index (χ1v) is 14.5. The normalized spacial score (nSPS) is 21.6. The SMILES string of the molecule is CSCC[C@@H](C(=O)O)N(c1cnc2ccc(Br)cc2c1N(C)C1CCC(N(C)C)CC1)C1CC1. The van der Waals surface area contributed by atoms with Crippen LogP contribution >= 0.6 is 27.7 Å². The number of fused-ring (bicyclic) bond motifs is 1. The summed E-state index contributed by atoms with van der Waals surface area (Å²) >= 11 is 5.37. The van der Waals surface area contributed by atoms with Gasteiger partial charge in [-0.2, -0.15) is 11.8 Å². The fourth-order valence-corrected chi connectivity index (χ4v) is 6.25. The minimum Gasteiger partial charge on any atom is -0.480 e. The van der Waals surface area contributed by atoms with E-state index >= 15 is 0 Å². The molecular formula is C26H37BrN4O2S.